The molecule has 19 heavy (non-hydrogen) atoms. The number of esters is 1. The van der Waals surface area contributed by atoms with Gasteiger partial charge in [-0.2, -0.15) is 0 Å². The molecule has 1 aliphatic rings. The molecule has 0 aliphatic heterocycles. The average molecular weight is 265 g/mol. The number of hydrogen-bond donors (Lipinski definition) is 1. The number of ether oxygens (including phenoxy) is 1. The fraction of sp³-hybridized carbons (Fsp3) is 0.714. The molecular weight excluding hydrogens is 242 g/mol. The van der Waals surface area contributed by atoms with E-state index in [2.05, 4.69) is 10.3 Å². The number of rotatable bonds is 7. The fourth-order valence-corrected chi connectivity index (χ4v) is 2.62. The second-order valence-corrected chi connectivity index (χ2v) is 5.10. The number of aryl methyl sites for hydroxylation is 1. The number of nitrogens with one attached hydrogen (secondary N) is 1. The highest BCUT2D eigenvalue weighted by Crippen LogP contribution is 2.41. The summed E-state index contributed by atoms with van der Waals surface area (Å²) in [5.74, 6) is 1.16. The van der Waals surface area contributed by atoms with Crippen molar-refractivity contribution in [2.45, 2.75) is 45.7 Å². The Morgan fingerprint density at radius 3 is 2.79 bits per heavy atom. The van der Waals surface area contributed by atoms with E-state index in [1.165, 1.54) is 0 Å². The normalized spacial score (nSPS) is 18.1. The van der Waals surface area contributed by atoms with Crippen LogP contribution in [-0.2, 0) is 16.1 Å². The van der Waals surface area contributed by atoms with Gasteiger partial charge in [0.25, 0.3) is 0 Å². The number of hydrogen-bond acceptors (Lipinski definition) is 4. The Labute approximate surface area is 114 Å². The lowest BCUT2D eigenvalue weighted by Crippen LogP contribution is -2.57. The molecule has 1 unspecified atom stereocenters. The van der Waals surface area contributed by atoms with E-state index in [1.807, 2.05) is 31.5 Å². The number of nitrogens with zero attached hydrogens (tertiary/aromatic N) is 2. The Morgan fingerprint density at radius 2 is 2.32 bits per heavy atom. The van der Waals surface area contributed by atoms with Gasteiger partial charge in [-0.25, -0.2) is 9.78 Å². The lowest BCUT2D eigenvalue weighted by atomic mass is 9.92. The molecule has 1 aromatic heterocycles. The SMILES string of the molecule is CCNC(Cn1ccnc1C)(C(=O)OCC)C1CC1. The topological polar surface area (TPSA) is 56.2 Å². The Morgan fingerprint density at radius 1 is 1.58 bits per heavy atom. The number of likely N-dealkylation sites (N-methyl/N-ethyl adjacent to an activating group) is 1. The minimum absolute atomic E-state index is 0.132. The van der Waals surface area contributed by atoms with Crippen molar-refractivity contribution in [3.63, 3.8) is 0 Å². The molecule has 1 aliphatic carbocycles. The van der Waals surface area contributed by atoms with E-state index in [-0.39, 0.29) is 5.97 Å². The van der Waals surface area contributed by atoms with Gasteiger partial charge in [-0.15, -0.1) is 0 Å². The third kappa shape index (κ3) is 2.81. The highest BCUT2D eigenvalue weighted by molar-refractivity contribution is 5.81. The van der Waals surface area contributed by atoms with E-state index >= 15 is 0 Å². The molecule has 0 amide bonds. The molecule has 0 radical (unpaired) electrons. The summed E-state index contributed by atoms with van der Waals surface area (Å²) >= 11 is 0. The number of carbonyl (C=O) groups excluding carboxylic acids is 1. The molecule has 1 atom stereocenters. The minimum Gasteiger partial charge on any atom is -0.465 e. The first-order valence-electron chi connectivity index (χ1n) is 7.04. The summed E-state index contributed by atoms with van der Waals surface area (Å²) in [6, 6.07) is 0. The molecule has 106 valence electrons. The van der Waals surface area contributed by atoms with Crippen molar-refractivity contribution in [1.29, 1.82) is 0 Å². The molecule has 1 aromatic rings. The summed E-state index contributed by atoms with van der Waals surface area (Å²) in [5.41, 5.74) is -0.601. The first-order valence-corrected chi connectivity index (χ1v) is 7.04. The van der Waals surface area contributed by atoms with E-state index in [4.69, 9.17) is 4.74 Å². The summed E-state index contributed by atoms with van der Waals surface area (Å²) < 4.78 is 7.34. The van der Waals surface area contributed by atoms with Crippen molar-refractivity contribution in [2.75, 3.05) is 13.2 Å². The van der Waals surface area contributed by atoms with Gasteiger partial charge in [0.2, 0.25) is 0 Å². The number of carbonyl (C=O) groups is 1. The van der Waals surface area contributed by atoms with Gasteiger partial charge in [0.05, 0.1) is 13.2 Å². The maximum absolute atomic E-state index is 12.5. The van der Waals surface area contributed by atoms with Gasteiger partial charge in [0.15, 0.2) is 0 Å². The van der Waals surface area contributed by atoms with Crippen LogP contribution in [0.3, 0.4) is 0 Å². The van der Waals surface area contributed by atoms with Gasteiger partial charge >= 0.3 is 5.97 Å². The first kappa shape index (κ1) is 14.1. The molecule has 5 heteroatoms. The van der Waals surface area contributed by atoms with Gasteiger partial charge in [0, 0.05) is 12.4 Å². The Kier molecular flexibility index (Phi) is 4.24. The Hall–Kier alpha value is -1.36. The number of aromatic nitrogens is 2. The van der Waals surface area contributed by atoms with E-state index in [1.54, 1.807) is 6.20 Å². The van der Waals surface area contributed by atoms with Crippen LogP contribution in [0.15, 0.2) is 12.4 Å². The van der Waals surface area contributed by atoms with Gasteiger partial charge in [-0.3, -0.25) is 0 Å². The van der Waals surface area contributed by atoms with Crippen LogP contribution in [0.1, 0.15) is 32.5 Å². The molecule has 0 spiro atoms. The monoisotopic (exact) mass is 265 g/mol. The second kappa shape index (κ2) is 5.74. The van der Waals surface area contributed by atoms with Gasteiger partial charge in [0.1, 0.15) is 11.4 Å². The summed E-state index contributed by atoms with van der Waals surface area (Å²) in [6.45, 7) is 7.59. The second-order valence-electron chi connectivity index (χ2n) is 5.10. The fourth-order valence-electron chi connectivity index (χ4n) is 2.62. The molecule has 0 bridgehead atoms. The van der Waals surface area contributed by atoms with Crippen LogP contribution in [0.25, 0.3) is 0 Å². The van der Waals surface area contributed by atoms with Crippen LogP contribution in [0.2, 0.25) is 0 Å². The van der Waals surface area contributed by atoms with Crippen LogP contribution < -0.4 is 5.32 Å². The lowest BCUT2D eigenvalue weighted by molar-refractivity contribution is -0.153. The van der Waals surface area contributed by atoms with Gasteiger partial charge in [-0.05, 0) is 39.2 Å². The van der Waals surface area contributed by atoms with Crippen LogP contribution in [0, 0.1) is 12.8 Å². The molecule has 1 N–H and O–H groups in total. The molecular formula is C14H23N3O2. The molecule has 1 heterocycles. The van der Waals surface area contributed by atoms with Crippen molar-refractivity contribution in [3.8, 4) is 0 Å². The molecule has 1 fully saturated rings. The number of imidazole rings is 1. The van der Waals surface area contributed by atoms with Gasteiger partial charge in [-0.1, -0.05) is 6.92 Å². The Bertz CT molecular complexity index is 440. The van der Waals surface area contributed by atoms with E-state index in [9.17, 15) is 4.79 Å². The zero-order valence-corrected chi connectivity index (χ0v) is 12.0. The zero-order chi connectivity index (χ0) is 13.9. The van der Waals surface area contributed by atoms with Crippen molar-refractivity contribution in [3.05, 3.63) is 18.2 Å². The van der Waals surface area contributed by atoms with Crippen LogP contribution in [0.5, 0.6) is 0 Å². The van der Waals surface area contributed by atoms with Crippen molar-refractivity contribution < 1.29 is 9.53 Å². The van der Waals surface area contributed by atoms with E-state index < -0.39 is 5.54 Å². The minimum atomic E-state index is -0.601. The smallest absolute Gasteiger partial charge is 0.328 e. The van der Waals surface area contributed by atoms with Crippen LogP contribution in [-0.4, -0.2) is 34.2 Å². The molecule has 0 aromatic carbocycles. The molecule has 2 rings (SSSR count). The van der Waals surface area contributed by atoms with Crippen LogP contribution in [0.4, 0.5) is 0 Å². The lowest BCUT2D eigenvalue weighted by Gasteiger charge is -2.33. The third-order valence-corrected chi connectivity index (χ3v) is 3.75. The van der Waals surface area contributed by atoms with Crippen molar-refractivity contribution in [2.24, 2.45) is 5.92 Å². The van der Waals surface area contributed by atoms with E-state index in [0.717, 1.165) is 25.2 Å². The standard InChI is InChI=1S/C14H23N3O2/c1-4-16-14(12-6-7-12,13(18)19-5-2)10-17-9-8-15-11(17)3/h8-9,12,16H,4-7,10H2,1-3H3. The molecule has 5 nitrogen and oxygen atoms in total. The van der Waals surface area contributed by atoms with Gasteiger partial charge < -0.3 is 14.6 Å². The highest BCUT2D eigenvalue weighted by Gasteiger charge is 2.52. The third-order valence-electron chi connectivity index (χ3n) is 3.75. The Balaban J connectivity index is 2.26. The summed E-state index contributed by atoms with van der Waals surface area (Å²) in [7, 11) is 0. The van der Waals surface area contributed by atoms with Crippen LogP contribution >= 0.6 is 0 Å². The predicted molar refractivity (Wildman–Crippen MR) is 72.7 cm³/mol. The summed E-state index contributed by atoms with van der Waals surface area (Å²) in [4.78, 5) is 16.7. The largest absolute Gasteiger partial charge is 0.465 e. The maximum atomic E-state index is 12.5. The quantitative estimate of drug-likeness (QED) is 0.759. The highest BCUT2D eigenvalue weighted by atomic mass is 16.5. The zero-order valence-electron chi connectivity index (χ0n) is 12.0. The van der Waals surface area contributed by atoms with Crippen molar-refractivity contribution in [1.82, 2.24) is 14.9 Å². The molecule has 0 saturated heterocycles. The average Bonchev–Trinajstić information content (AvgIpc) is 3.15. The molecule has 1 saturated carbocycles. The maximum Gasteiger partial charge on any atom is 0.328 e. The van der Waals surface area contributed by atoms with E-state index in [0.29, 0.717) is 19.1 Å². The first-order chi connectivity index (χ1) is 9.14. The predicted octanol–water partition coefficient (Wildman–Crippen LogP) is 1.51. The summed E-state index contributed by atoms with van der Waals surface area (Å²) in [6.07, 6.45) is 5.85. The summed E-state index contributed by atoms with van der Waals surface area (Å²) in [5, 5.41) is 3.38. The van der Waals surface area contributed by atoms with Crippen molar-refractivity contribution >= 4 is 5.97 Å².